The summed E-state index contributed by atoms with van der Waals surface area (Å²) in [6.45, 7) is 1.95. The Kier molecular flexibility index (Phi) is 8.23. The van der Waals surface area contributed by atoms with Crippen molar-refractivity contribution in [2.24, 2.45) is 12.0 Å². The molecule has 0 radical (unpaired) electrons. The number of amides is 2. The molecule has 9 nitrogen and oxygen atoms in total. The van der Waals surface area contributed by atoms with Gasteiger partial charge in [0.2, 0.25) is 5.91 Å². The third-order valence-corrected chi connectivity index (χ3v) is 7.65. The molecule has 1 N–H and O–H groups in total. The maximum Gasteiger partial charge on any atom is 0.341 e. The van der Waals surface area contributed by atoms with Gasteiger partial charge in [0.15, 0.2) is 5.17 Å². The lowest BCUT2D eigenvalue weighted by Crippen LogP contribution is -2.31. The van der Waals surface area contributed by atoms with E-state index in [0.29, 0.717) is 27.0 Å². The van der Waals surface area contributed by atoms with E-state index in [1.54, 1.807) is 37.1 Å². The molecule has 0 bridgehead atoms. The second-order valence-electron chi connectivity index (χ2n) is 8.62. The van der Waals surface area contributed by atoms with Crippen molar-refractivity contribution in [1.82, 2.24) is 9.78 Å². The van der Waals surface area contributed by atoms with Crippen LogP contribution in [0.3, 0.4) is 0 Å². The number of carbonyl (C=O) groups is 3. The summed E-state index contributed by atoms with van der Waals surface area (Å²) < 4.78 is 6.93. The first-order valence-corrected chi connectivity index (χ1v) is 14.3. The van der Waals surface area contributed by atoms with Crippen molar-refractivity contribution in [3.63, 3.8) is 0 Å². The predicted molar refractivity (Wildman–Crippen MR) is 159 cm³/mol. The fourth-order valence-electron chi connectivity index (χ4n) is 4.05. The second-order valence-corrected chi connectivity index (χ2v) is 10.4. The van der Waals surface area contributed by atoms with Gasteiger partial charge in [-0.2, -0.15) is 5.10 Å². The standard InChI is InChI=1S/C29H25N5O4S2/c1-3-38-28(37)25-22(20-10-6-4-7-11-20)17-39-26(25)32-24(35)18-40-29-31-23(14-19-15-30-33(2)16-19)27(36)34(29)21-12-8-5-9-13-21/h4-17H,3,18H2,1-2H3,(H,32,35)/b23-14+. The minimum atomic E-state index is -0.503. The Balaban J connectivity index is 1.37. The first-order valence-electron chi connectivity index (χ1n) is 12.4. The van der Waals surface area contributed by atoms with Crippen molar-refractivity contribution in [3.05, 3.63) is 95.3 Å². The number of thiophene rings is 1. The number of amidine groups is 1. The highest BCUT2D eigenvalue weighted by Crippen LogP contribution is 2.36. The monoisotopic (exact) mass is 571 g/mol. The molecule has 40 heavy (non-hydrogen) atoms. The van der Waals surface area contributed by atoms with Gasteiger partial charge in [-0.05, 0) is 30.7 Å². The average molecular weight is 572 g/mol. The van der Waals surface area contributed by atoms with E-state index in [9.17, 15) is 14.4 Å². The lowest BCUT2D eigenvalue weighted by atomic mass is 10.0. The molecule has 1 aliphatic heterocycles. The smallest absolute Gasteiger partial charge is 0.341 e. The molecular formula is C29H25N5O4S2. The molecule has 0 fully saturated rings. The fraction of sp³-hybridized carbons (Fsp3) is 0.138. The third kappa shape index (κ3) is 5.90. The number of rotatable bonds is 8. The average Bonchev–Trinajstić information content (AvgIpc) is 3.66. The number of esters is 1. The molecule has 2 amide bonds. The van der Waals surface area contributed by atoms with E-state index in [0.717, 1.165) is 22.9 Å². The molecule has 5 rings (SSSR count). The Hall–Kier alpha value is -4.48. The van der Waals surface area contributed by atoms with Gasteiger partial charge in [-0.25, -0.2) is 9.79 Å². The largest absolute Gasteiger partial charge is 0.462 e. The number of aliphatic imine (C=N–C) groups is 1. The Morgan fingerprint density at radius 1 is 1.10 bits per heavy atom. The zero-order valence-electron chi connectivity index (χ0n) is 21.7. The van der Waals surface area contributed by atoms with Crippen LogP contribution in [-0.2, 0) is 21.4 Å². The van der Waals surface area contributed by atoms with Crippen molar-refractivity contribution in [1.29, 1.82) is 0 Å². The summed E-state index contributed by atoms with van der Waals surface area (Å²) in [5.41, 5.74) is 3.49. The van der Waals surface area contributed by atoms with Crippen LogP contribution in [0.4, 0.5) is 10.7 Å². The zero-order chi connectivity index (χ0) is 28.1. The van der Waals surface area contributed by atoms with E-state index < -0.39 is 5.97 Å². The molecule has 4 aromatic rings. The highest BCUT2D eigenvalue weighted by Gasteiger charge is 2.32. The number of nitrogens with zero attached hydrogens (tertiary/aromatic N) is 4. The Bertz CT molecular complexity index is 1610. The molecule has 3 heterocycles. The number of anilines is 2. The fourth-order valence-corrected chi connectivity index (χ4v) is 5.84. The van der Waals surface area contributed by atoms with Crippen LogP contribution < -0.4 is 10.2 Å². The van der Waals surface area contributed by atoms with E-state index in [-0.39, 0.29) is 29.9 Å². The molecule has 11 heteroatoms. The van der Waals surface area contributed by atoms with Gasteiger partial charge in [-0.3, -0.25) is 19.2 Å². The van der Waals surface area contributed by atoms with Crippen molar-refractivity contribution in [3.8, 4) is 11.1 Å². The van der Waals surface area contributed by atoms with Gasteiger partial charge in [-0.1, -0.05) is 60.3 Å². The molecule has 2 aromatic carbocycles. The summed E-state index contributed by atoms with van der Waals surface area (Å²) in [6, 6.07) is 18.6. The van der Waals surface area contributed by atoms with Gasteiger partial charge < -0.3 is 10.1 Å². The molecule has 0 aliphatic carbocycles. The van der Waals surface area contributed by atoms with Crippen LogP contribution >= 0.6 is 23.1 Å². The van der Waals surface area contributed by atoms with Gasteiger partial charge in [0.1, 0.15) is 16.3 Å². The second kappa shape index (κ2) is 12.1. The van der Waals surface area contributed by atoms with Crippen LogP contribution in [0, 0.1) is 0 Å². The Labute approximate surface area is 239 Å². The van der Waals surface area contributed by atoms with Gasteiger partial charge in [0, 0.05) is 29.8 Å². The van der Waals surface area contributed by atoms with Gasteiger partial charge >= 0.3 is 5.97 Å². The number of carbonyl (C=O) groups excluding carboxylic acids is 3. The lowest BCUT2D eigenvalue weighted by Gasteiger charge is -2.17. The Morgan fingerprint density at radius 2 is 1.82 bits per heavy atom. The molecule has 0 saturated carbocycles. The third-order valence-electron chi connectivity index (χ3n) is 5.81. The quantitative estimate of drug-likeness (QED) is 0.223. The number of nitrogens with one attached hydrogen (secondary N) is 1. The number of hydrogen-bond acceptors (Lipinski definition) is 8. The number of thioether (sulfide) groups is 1. The molecule has 0 unspecified atom stereocenters. The molecular weight excluding hydrogens is 546 g/mol. The maximum atomic E-state index is 13.3. The summed E-state index contributed by atoms with van der Waals surface area (Å²) in [5, 5.41) is 9.61. The van der Waals surface area contributed by atoms with E-state index >= 15 is 0 Å². The molecule has 202 valence electrons. The number of hydrogen-bond donors (Lipinski definition) is 1. The highest BCUT2D eigenvalue weighted by molar-refractivity contribution is 8.14. The van der Waals surface area contributed by atoms with Gasteiger partial charge in [0.05, 0.1) is 24.2 Å². The topological polar surface area (TPSA) is 106 Å². The molecule has 0 saturated heterocycles. The molecule has 1 aliphatic rings. The van der Waals surface area contributed by atoms with Crippen LogP contribution in [0.2, 0.25) is 0 Å². The first-order chi connectivity index (χ1) is 19.4. The van der Waals surface area contributed by atoms with Gasteiger partial charge in [0.25, 0.3) is 5.91 Å². The Morgan fingerprint density at radius 3 is 2.50 bits per heavy atom. The zero-order valence-corrected chi connectivity index (χ0v) is 23.4. The summed E-state index contributed by atoms with van der Waals surface area (Å²) in [5.74, 6) is -1.17. The van der Waals surface area contributed by atoms with Crippen molar-refractivity contribution >= 4 is 62.8 Å². The van der Waals surface area contributed by atoms with E-state index in [1.165, 1.54) is 16.2 Å². The van der Waals surface area contributed by atoms with E-state index in [2.05, 4.69) is 15.4 Å². The summed E-state index contributed by atoms with van der Waals surface area (Å²) in [6.07, 6.45) is 5.10. The molecule has 0 atom stereocenters. The summed E-state index contributed by atoms with van der Waals surface area (Å²) >= 11 is 2.39. The first kappa shape index (κ1) is 27.1. The number of aromatic nitrogens is 2. The predicted octanol–water partition coefficient (Wildman–Crippen LogP) is 5.44. The van der Waals surface area contributed by atoms with Gasteiger partial charge in [-0.15, -0.1) is 11.3 Å². The van der Waals surface area contributed by atoms with Crippen molar-refractivity contribution in [2.45, 2.75) is 6.92 Å². The SMILES string of the molecule is CCOC(=O)c1c(-c2ccccc2)csc1NC(=O)CSC1=N/C(=C/c2cnn(C)c2)C(=O)N1c1ccccc1. The highest BCUT2D eigenvalue weighted by atomic mass is 32.2. The normalized spacial score (nSPS) is 13.9. The van der Waals surface area contributed by atoms with Crippen LogP contribution in [0.1, 0.15) is 22.8 Å². The van der Waals surface area contributed by atoms with Crippen molar-refractivity contribution in [2.75, 3.05) is 22.6 Å². The number of aryl methyl sites for hydroxylation is 1. The minimum Gasteiger partial charge on any atom is -0.462 e. The van der Waals surface area contributed by atoms with Crippen LogP contribution in [0.25, 0.3) is 17.2 Å². The minimum absolute atomic E-state index is 0.0313. The van der Waals surface area contributed by atoms with Crippen LogP contribution in [-0.4, -0.2) is 45.1 Å². The van der Waals surface area contributed by atoms with E-state index in [1.807, 2.05) is 66.0 Å². The van der Waals surface area contributed by atoms with E-state index in [4.69, 9.17) is 4.74 Å². The number of ether oxygens (including phenoxy) is 1. The summed E-state index contributed by atoms with van der Waals surface area (Å²) in [7, 11) is 1.79. The molecule has 2 aromatic heterocycles. The van der Waals surface area contributed by atoms with Crippen LogP contribution in [0.5, 0.6) is 0 Å². The number of para-hydroxylation sites is 1. The lowest BCUT2D eigenvalue weighted by molar-refractivity contribution is -0.114. The summed E-state index contributed by atoms with van der Waals surface area (Å²) in [4.78, 5) is 45.3. The van der Waals surface area contributed by atoms with Crippen LogP contribution in [0.15, 0.2) is 89.1 Å². The van der Waals surface area contributed by atoms with Crippen molar-refractivity contribution < 1.29 is 19.1 Å². The number of benzene rings is 2. The molecule has 0 spiro atoms. The maximum absolute atomic E-state index is 13.3.